The quantitative estimate of drug-likeness (QED) is 0.369. The lowest BCUT2D eigenvalue weighted by Gasteiger charge is -2.05. The Hall–Kier alpha value is -4.31. The van der Waals surface area contributed by atoms with Gasteiger partial charge in [-0.05, 0) is 42.0 Å². The van der Waals surface area contributed by atoms with Crippen LogP contribution in [0.5, 0.6) is 0 Å². The summed E-state index contributed by atoms with van der Waals surface area (Å²) in [4.78, 5) is 28.2. The second kappa shape index (κ2) is 9.28. The van der Waals surface area contributed by atoms with E-state index < -0.39 is 0 Å². The molecule has 2 aromatic carbocycles. The summed E-state index contributed by atoms with van der Waals surface area (Å²) in [7, 11) is 0. The van der Waals surface area contributed by atoms with Crippen LogP contribution in [-0.4, -0.2) is 31.8 Å². The average molecular weight is 473 g/mol. The second-order valence-electron chi connectivity index (χ2n) is 7.60. The van der Waals surface area contributed by atoms with Crippen molar-refractivity contribution in [2.45, 2.75) is 20.0 Å². The Kier molecular flexibility index (Phi) is 5.88. The Bertz CT molecular complexity index is 1470. The van der Waals surface area contributed by atoms with E-state index in [1.165, 1.54) is 18.3 Å². The zero-order valence-electron chi connectivity index (χ0n) is 18.2. The number of hydrogen-bond acceptors (Lipinski definition) is 7. The normalized spacial score (nSPS) is 11.0. The van der Waals surface area contributed by atoms with E-state index in [4.69, 9.17) is 4.42 Å². The van der Waals surface area contributed by atoms with E-state index in [1.54, 1.807) is 24.3 Å². The number of anilines is 1. The maximum atomic E-state index is 12.7. The van der Waals surface area contributed by atoms with Gasteiger partial charge in [-0.15, -0.1) is 16.4 Å². The molecule has 10 heteroatoms. The van der Waals surface area contributed by atoms with Crippen LogP contribution in [0.25, 0.3) is 22.5 Å². The highest BCUT2D eigenvalue weighted by Crippen LogP contribution is 2.27. The lowest BCUT2D eigenvalue weighted by Crippen LogP contribution is -2.18. The lowest BCUT2D eigenvalue weighted by molar-refractivity contribution is -0.119. The first kappa shape index (κ1) is 21.5. The maximum Gasteiger partial charge on any atom is 0.257 e. The molecule has 170 valence electrons. The molecular formula is C24H20N6O3S. The third kappa shape index (κ3) is 4.71. The zero-order valence-corrected chi connectivity index (χ0v) is 19.0. The van der Waals surface area contributed by atoms with Crippen molar-refractivity contribution < 1.29 is 14.0 Å². The molecule has 2 N–H and O–H groups in total. The summed E-state index contributed by atoms with van der Waals surface area (Å²) < 4.78 is 7.54. The first-order valence-corrected chi connectivity index (χ1v) is 11.4. The Morgan fingerprint density at radius 2 is 1.88 bits per heavy atom. The molecule has 9 nitrogen and oxygen atoms in total. The van der Waals surface area contributed by atoms with E-state index in [0.29, 0.717) is 41.0 Å². The fraction of sp³-hybridized carbons (Fsp3) is 0.125. The number of benzene rings is 2. The molecule has 0 saturated carbocycles. The lowest BCUT2D eigenvalue weighted by atomic mass is 10.1. The van der Waals surface area contributed by atoms with Gasteiger partial charge in [0.05, 0.1) is 18.6 Å². The summed E-state index contributed by atoms with van der Waals surface area (Å²) in [5.41, 5.74) is 3.96. The number of furan rings is 1. The average Bonchev–Trinajstić information content (AvgIpc) is 3.58. The summed E-state index contributed by atoms with van der Waals surface area (Å²) >= 11 is 1.31. The highest BCUT2D eigenvalue weighted by atomic mass is 32.1. The summed E-state index contributed by atoms with van der Waals surface area (Å²) in [6.45, 7) is 2.32. The molecule has 0 radical (unpaired) electrons. The number of aromatic nitrogens is 4. The predicted octanol–water partition coefficient (Wildman–Crippen LogP) is 4.08. The number of nitrogens with one attached hydrogen (secondary N) is 2. The van der Waals surface area contributed by atoms with Crippen molar-refractivity contribution in [2.24, 2.45) is 0 Å². The van der Waals surface area contributed by atoms with E-state index >= 15 is 0 Å². The van der Waals surface area contributed by atoms with Crippen molar-refractivity contribution in [3.05, 3.63) is 82.9 Å². The van der Waals surface area contributed by atoms with Crippen LogP contribution in [0.1, 0.15) is 28.6 Å². The number of rotatable bonds is 7. The smallest absolute Gasteiger partial charge is 0.257 e. The first-order valence-electron chi connectivity index (χ1n) is 10.5. The molecule has 0 fully saturated rings. The van der Waals surface area contributed by atoms with Crippen LogP contribution in [0.2, 0.25) is 0 Å². The van der Waals surface area contributed by atoms with E-state index in [-0.39, 0.29) is 11.8 Å². The highest BCUT2D eigenvalue weighted by molar-refractivity contribution is 7.14. The molecule has 0 atom stereocenters. The van der Waals surface area contributed by atoms with Gasteiger partial charge >= 0.3 is 0 Å². The van der Waals surface area contributed by atoms with E-state index in [2.05, 4.69) is 25.9 Å². The van der Waals surface area contributed by atoms with Gasteiger partial charge in [0.2, 0.25) is 5.91 Å². The van der Waals surface area contributed by atoms with Crippen LogP contribution in [0.3, 0.4) is 0 Å². The minimum Gasteiger partial charge on any atom is -0.458 e. The molecule has 0 spiro atoms. The van der Waals surface area contributed by atoms with Crippen LogP contribution in [-0.2, 0) is 17.9 Å². The van der Waals surface area contributed by atoms with E-state index in [0.717, 1.165) is 16.6 Å². The topological polar surface area (TPSA) is 115 Å². The van der Waals surface area contributed by atoms with Crippen molar-refractivity contribution in [3.63, 3.8) is 0 Å². The third-order valence-electron chi connectivity index (χ3n) is 5.12. The largest absolute Gasteiger partial charge is 0.458 e. The molecule has 3 heterocycles. The molecule has 0 aliphatic heterocycles. The monoisotopic (exact) mass is 472 g/mol. The van der Waals surface area contributed by atoms with Gasteiger partial charge in [-0.1, -0.05) is 29.5 Å². The van der Waals surface area contributed by atoms with Gasteiger partial charge in [0.1, 0.15) is 17.0 Å². The zero-order chi connectivity index (χ0) is 23.5. The third-order valence-corrected chi connectivity index (χ3v) is 5.88. The molecular weight excluding hydrogens is 452 g/mol. The molecule has 0 bridgehead atoms. The van der Waals surface area contributed by atoms with Gasteiger partial charge in [0.25, 0.3) is 5.91 Å². The number of hydrogen-bond donors (Lipinski definition) is 2. The van der Waals surface area contributed by atoms with Gasteiger partial charge in [-0.2, -0.15) is 0 Å². The molecule has 3 aromatic heterocycles. The van der Waals surface area contributed by atoms with Gasteiger partial charge in [0.15, 0.2) is 10.9 Å². The van der Waals surface area contributed by atoms with Gasteiger partial charge in [0, 0.05) is 17.9 Å². The van der Waals surface area contributed by atoms with Crippen LogP contribution < -0.4 is 10.6 Å². The number of para-hydroxylation sites is 1. The standard InChI is InChI=1S/C24H20N6O3S/c1-15(31)25-12-18-10-11-22(33-18)20-14-34-24(26-20)27-23(32)17-8-6-16(7-9-17)13-30-21-5-3-2-4-19(21)28-29-30/h2-11,14H,12-13H2,1H3,(H,25,31)(H,26,27,32). The molecule has 2 amide bonds. The van der Waals surface area contributed by atoms with Gasteiger partial charge in [-0.3, -0.25) is 14.9 Å². The maximum absolute atomic E-state index is 12.7. The van der Waals surface area contributed by atoms with Crippen molar-refractivity contribution in [2.75, 3.05) is 5.32 Å². The summed E-state index contributed by atoms with van der Waals surface area (Å²) in [6.07, 6.45) is 0. The fourth-order valence-corrected chi connectivity index (χ4v) is 4.10. The number of amides is 2. The van der Waals surface area contributed by atoms with E-state index in [1.807, 2.05) is 46.5 Å². The Labute approximate surface area is 198 Å². The highest BCUT2D eigenvalue weighted by Gasteiger charge is 2.13. The number of thiazole rings is 1. The Morgan fingerprint density at radius 1 is 1.06 bits per heavy atom. The van der Waals surface area contributed by atoms with Gasteiger partial charge in [-0.25, -0.2) is 9.67 Å². The molecule has 5 rings (SSSR count). The SMILES string of the molecule is CC(=O)NCc1ccc(-c2csc(NC(=O)c3ccc(Cn4nnc5ccccc54)cc3)n2)o1. The van der Waals surface area contributed by atoms with Crippen molar-refractivity contribution in [1.82, 2.24) is 25.3 Å². The number of carbonyl (C=O) groups is 2. The van der Waals surface area contributed by atoms with Crippen molar-refractivity contribution >= 4 is 39.3 Å². The number of carbonyl (C=O) groups excluding carboxylic acids is 2. The Balaban J connectivity index is 1.22. The molecule has 0 aliphatic carbocycles. The van der Waals surface area contributed by atoms with Crippen molar-refractivity contribution in [1.29, 1.82) is 0 Å². The Morgan fingerprint density at radius 3 is 2.71 bits per heavy atom. The van der Waals surface area contributed by atoms with Crippen LogP contribution in [0.4, 0.5) is 5.13 Å². The summed E-state index contributed by atoms with van der Waals surface area (Å²) in [5.74, 6) is 0.825. The predicted molar refractivity (Wildman–Crippen MR) is 128 cm³/mol. The molecule has 0 unspecified atom stereocenters. The summed E-state index contributed by atoms with van der Waals surface area (Å²) in [6, 6.07) is 18.7. The van der Waals surface area contributed by atoms with Crippen LogP contribution in [0, 0.1) is 0 Å². The molecule has 34 heavy (non-hydrogen) atoms. The minimum absolute atomic E-state index is 0.128. The van der Waals surface area contributed by atoms with E-state index in [9.17, 15) is 9.59 Å². The fourth-order valence-electron chi connectivity index (χ4n) is 3.40. The number of fused-ring (bicyclic) bond motifs is 1. The van der Waals surface area contributed by atoms with Crippen LogP contribution in [0.15, 0.2) is 70.5 Å². The van der Waals surface area contributed by atoms with Crippen molar-refractivity contribution in [3.8, 4) is 11.5 Å². The molecule has 5 aromatic rings. The number of nitrogens with zero attached hydrogens (tertiary/aromatic N) is 4. The van der Waals surface area contributed by atoms with Gasteiger partial charge < -0.3 is 9.73 Å². The molecule has 0 aliphatic rings. The molecule has 0 saturated heterocycles. The first-order chi connectivity index (χ1) is 16.5. The second-order valence-corrected chi connectivity index (χ2v) is 8.46. The minimum atomic E-state index is -0.246. The summed E-state index contributed by atoms with van der Waals surface area (Å²) in [5, 5.41) is 16.2. The van der Waals surface area contributed by atoms with Crippen LogP contribution >= 0.6 is 11.3 Å².